The summed E-state index contributed by atoms with van der Waals surface area (Å²) in [6, 6.07) is 9.41. The highest BCUT2D eigenvalue weighted by Crippen LogP contribution is 2.32. The van der Waals surface area contributed by atoms with Gasteiger partial charge in [-0.3, -0.25) is 4.79 Å². The molecule has 7 heteroatoms. The molecular formula is C23H29NO5S. The van der Waals surface area contributed by atoms with Gasteiger partial charge in [0.1, 0.15) is 6.61 Å². The largest absolute Gasteiger partial charge is 0.484 e. The van der Waals surface area contributed by atoms with Crippen molar-refractivity contribution in [3.05, 3.63) is 52.2 Å². The lowest BCUT2D eigenvalue weighted by molar-refractivity contribution is -0.145. The molecule has 30 heavy (non-hydrogen) atoms. The Labute approximate surface area is 182 Å². The molecule has 0 saturated heterocycles. The zero-order valence-electron chi connectivity index (χ0n) is 18.0. The van der Waals surface area contributed by atoms with Crippen LogP contribution in [0.25, 0.3) is 5.57 Å². The first-order valence-corrected chi connectivity index (χ1v) is 10.9. The Morgan fingerprint density at radius 2 is 1.83 bits per heavy atom. The van der Waals surface area contributed by atoms with E-state index in [1.165, 1.54) is 0 Å². The molecule has 0 aliphatic rings. The summed E-state index contributed by atoms with van der Waals surface area (Å²) in [5.41, 5.74) is 1.62. The fraction of sp³-hybridized carbons (Fsp3) is 0.391. The van der Waals surface area contributed by atoms with Gasteiger partial charge in [-0.05, 0) is 62.4 Å². The first-order chi connectivity index (χ1) is 14.5. The van der Waals surface area contributed by atoms with E-state index in [0.29, 0.717) is 37.8 Å². The lowest BCUT2D eigenvalue weighted by Crippen LogP contribution is -2.28. The van der Waals surface area contributed by atoms with Crippen molar-refractivity contribution in [2.24, 2.45) is 0 Å². The Hall–Kier alpha value is -2.80. The maximum Gasteiger partial charge on any atom is 0.344 e. The van der Waals surface area contributed by atoms with Crippen molar-refractivity contribution in [1.82, 2.24) is 4.90 Å². The predicted octanol–water partition coefficient (Wildman–Crippen LogP) is 4.54. The van der Waals surface area contributed by atoms with E-state index in [1.54, 1.807) is 41.4 Å². The Morgan fingerprint density at radius 3 is 2.47 bits per heavy atom. The summed E-state index contributed by atoms with van der Waals surface area (Å²) in [4.78, 5) is 27.0. The molecule has 2 rings (SSSR count). The number of nitrogens with zero attached hydrogens (tertiary/aromatic N) is 1. The summed E-state index contributed by atoms with van der Waals surface area (Å²) in [5.74, 6) is 0.472. The van der Waals surface area contributed by atoms with Crippen LogP contribution in [-0.2, 0) is 20.9 Å². The van der Waals surface area contributed by atoms with Crippen LogP contribution in [0, 0.1) is 0 Å². The van der Waals surface area contributed by atoms with E-state index < -0.39 is 5.97 Å². The molecule has 0 fully saturated rings. The molecule has 1 aromatic carbocycles. The van der Waals surface area contributed by atoms with Crippen LogP contribution < -0.4 is 9.47 Å². The molecular weight excluding hydrogens is 402 g/mol. The van der Waals surface area contributed by atoms with Gasteiger partial charge in [0, 0.05) is 24.0 Å². The van der Waals surface area contributed by atoms with Gasteiger partial charge in [-0.1, -0.05) is 12.1 Å². The van der Waals surface area contributed by atoms with Gasteiger partial charge in [-0.2, -0.15) is 0 Å². The minimum Gasteiger partial charge on any atom is -0.484 e. The topological polar surface area (TPSA) is 65.1 Å². The maximum absolute atomic E-state index is 12.4. The van der Waals surface area contributed by atoms with Crippen molar-refractivity contribution in [3.8, 4) is 11.5 Å². The number of allylic oxidation sites excluding steroid dienone is 1. The number of likely N-dealkylation sites (N-methyl/N-ethyl adjacent to an activating group) is 1. The SMILES string of the molecule is CCOC(=O)COc1cc(C(C)=CC(=O)N(CC)CC)ccc1OCc1cccs1. The zero-order chi connectivity index (χ0) is 21.9. The number of rotatable bonds is 11. The van der Waals surface area contributed by atoms with Crippen molar-refractivity contribution in [2.75, 3.05) is 26.3 Å². The molecule has 6 nitrogen and oxygen atoms in total. The molecule has 0 bridgehead atoms. The molecule has 0 aliphatic carbocycles. The maximum atomic E-state index is 12.4. The first kappa shape index (κ1) is 23.5. The monoisotopic (exact) mass is 431 g/mol. The summed E-state index contributed by atoms with van der Waals surface area (Å²) in [5, 5.41) is 1.99. The van der Waals surface area contributed by atoms with Gasteiger partial charge in [-0.15, -0.1) is 11.3 Å². The standard InChI is InChI=1S/C23H29NO5S/c1-5-24(6-2)22(25)13-17(4)18-10-11-20(28-15-19-9-8-12-30-19)21(14-18)29-16-23(26)27-7-3/h8-14H,5-7,15-16H2,1-4H3. The molecule has 0 unspecified atom stereocenters. The number of thiophene rings is 1. The summed E-state index contributed by atoms with van der Waals surface area (Å²) in [6.07, 6.45) is 1.61. The number of carbonyl (C=O) groups excluding carboxylic acids is 2. The molecule has 162 valence electrons. The molecule has 1 heterocycles. The summed E-state index contributed by atoms with van der Waals surface area (Å²) < 4.78 is 16.5. The first-order valence-electron chi connectivity index (χ1n) is 10.0. The van der Waals surface area contributed by atoms with Crippen molar-refractivity contribution in [2.45, 2.75) is 34.3 Å². The average Bonchev–Trinajstić information content (AvgIpc) is 3.25. The van der Waals surface area contributed by atoms with E-state index in [2.05, 4.69) is 0 Å². The second-order valence-electron chi connectivity index (χ2n) is 6.46. The van der Waals surface area contributed by atoms with Gasteiger partial charge >= 0.3 is 5.97 Å². The molecule has 2 aromatic rings. The van der Waals surface area contributed by atoms with Crippen LogP contribution in [-0.4, -0.2) is 43.1 Å². The number of benzene rings is 1. The number of esters is 1. The third-order valence-corrected chi connectivity index (χ3v) is 5.26. The Kier molecular flexibility index (Phi) is 9.41. The van der Waals surface area contributed by atoms with Crippen molar-refractivity contribution in [3.63, 3.8) is 0 Å². The van der Waals surface area contributed by atoms with Gasteiger partial charge < -0.3 is 19.1 Å². The highest BCUT2D eigenvalue weighted by Gasteiger charge is 2.13. The lowest BCUT2D eigenvalue weighted by atomic mass is 10.1. The second-order valence-corrected chi connectivity index (χ2v) is 7.49. The summed E-state index contributed by atoms with van der Waals surface area (Å²) in [6.45, 7) is 9.31. The number of amides is 1. The molecule has 0 radical (unpaired) electrons. The van der Waals surface area contributed by atoms with Gasteiger partial charge in [-0.25, -0.2) is 4.79 Å². The molecule has 0 atom stereocenters. The molecule has 1 amide bonds. The molecule has 0 spiro atoms. The van der Waals surface area contributed by atoms with E-state index in [9.17, 15) is 9.59 Å². The van der Waals surface area contributed by atoms with E-state index in [0.717, 1.165) is 16.0 Å². The van der Waals surface area contributed by atoms with Gasteiger partial charge in [0.2, 0.25) is 5.91 Å². The highest BCUT2D eigenvalue weighted by molar-refractivity contribution is 7.09. The van der Waals surface area contributed by atoms with Gasteiger partial charge in [0.25, 0.3) is 0 Å². The smallest absolute Gasteiger partial charge is 0.344 e. The number of carbonyl (C=O) groups is 2. The Bertz CT molecular complexity index is 856. The summed E-state index contributed by atoms with van der Waals surface area (Å²) in [7, 11) is 0. The summed E-state index contributed by atoms with van der Waals surface area (Å²) >= 11 is 1.60. The van der Waals surface area contributed by atoms with Gasteiger partial charge in [0.05, 0.1) is 6.61 Å². The van der Waals surface area contributed by atoms with E-state index in [4.69, 9.17) is 14.2 Å². The fourth-order valence-electron chi connectivity index (χ4n) is 2.76. The molecule has 1 aromatic heterocycles. The van der Waals surface area contributed by atoms with E-state index in [-0.39, 0.29) is 12.5 Å². The quantitative estimate of drug-likeness (QED) is 0.386. The van der Waals surface area contributed by atoms with Crippen LogP contribution in [0.4, 0.5) is 0 Å². The van der Waals surface area contributed by atoms with Crippen LogP contribution in [0.15, 0.2) is 41.8 Å². The zero-order valence-corrected chi connectivity index (χ0v) is 18.8. The predicted molar refractivity (Wildman–Crippen MR) is 119 cm³/mol. The molecule has 0 N–H and O–H groups in total. The highest BCUT2D eigenvalue weighted by atomic mass is 32.1. The van der Waals surface area contributed by atoms with Crippen LogP contribution in [0.2, 0.25) is 0 Å². The van der Waals surface area contributed by atoms with E-state index in [1.807, 2.05) is 44.4 Å². The molecule has 0 aliphatic heterocycles. The van der Waals surface area contributed by atoms with Crippen LogP contribution >= 0.6 is 11.3 Å². The normalized spacial score (nSPS) is 11.1. The van der Waals surface area contributed by atoms with Crippen LogP contribution in [0.1, 0.15) is 38.1 Å². The Morgan fingerprint density at radius 1 is 1.07 bits per heavy atom. The van der Waals surface area contributed by atoms with Gasteiger partial charge in [0.15, 0.2) is 18.1 Å². The third-order valence-electron chi connectivity index (χ3n) is 4.42. The molecule has 0 saturated carbocycles. The minimum atomic E-state index is -0.448. The van der Waals surface area contributed by atoms with Crippen molar-refractivity contribution in [1.29, 1.82) is 0 Å². The minimum absolute atomic E-state index is 0.0375. The third kappa shape index (κ3) is 6.91. The lowest BCUT2D eigenvalue weighted by Gasteiger charge is -2.17. The van der Waals surface area contributed by atoms with Crippen molar-refractivity contribution < 1.29 is 23.8 Å². The van der Waals surface area contributed by atoms with Crippen LogP contribution in [0.5, 0.6) is 11.5 Å². The van der Waals surface area contributed by atoms with E-state index >= 15 is 0 Å². The van der Waals surface area contributed by atoms with Crippen molar-refractivity contribution >= 4 is 28.8 Å². The number of hydrogen-bond acceptors (Lipinski definition) is 6. The Balaban J connectivity index is 2.23. The number of hydrogen-bond donors (Lipinski definition) is 0. The average molecular weight is 432 g/mol. The van der Waals surface area contributed by atoms with Crippen LogP contribution in [0.3, 0.4) is 0 Å². The fourth-order valence-corrected chi connectivity index (χ4v) is 3.38. The number of ether oxygens (including phenoxy) is 3. The second kappa shape index (κ2) is 12.0.